The van der Waals surface area contributed by atoms with Crippen molar-refractivity contribution in [1.29, 1.82) is 0 Å². The lowest BCUT2D eigenvalue weighted by Crippen LogP contribution is -2.15. The molecule has 0 radical (unpaired) electrons. The number of imidazole rings is 1. The molecule has 2 N–H and O–H groups in total. The van der Waals surface area contributed by atoms with E-state index in [1.807, 2.05) is 30.3 Å². The molecule has 0 atom stereocenters. The Morgan fingerprint density at radius 2 is 1.90 bits per heavy atom. The van der Waals surface area contributed by atoms with Crippen LogP contribution in [0.25, 0.3) is 28.2 Å². The lowest BCUT2D eigenvalue weighted by atomic mass is 10.2. The van der Waals surface area contributed by atoms with Crippen LogP contribution in [0.3, 0.4) is 0 Å². The van der Waals surface area contributed by atoms with Crippen molar-refractivity contribution in [3.8, 4) is 17.1 Å². The average molecular weight is 278 g/mol. The van der Waals surface area contributed by atoms with Gasteiger partial charge in [-0.3, -0.25) is 9.89 Å². The van der Waals surface area contributed by atoms with Crippen LogP contribution < -0.4 is 5.56 Å². The van der Waals surface area contributed by atoms with Crippen LogP contribution in [0.5, 0.6) is 0 Å². The van der Waals surface area contributed by atoms with Crippen LogP contribution in [0.4, 0.5) is 0 Å². The van der Waals surface area contributed by atoms with E-state index < -0.39 is 0 Å². The molecule has 0 unspecified atom stereocenters. The molecule has 7 heteroatoms. The summed E-state index contributed by atoms with van der Waals surface area (Å²) in [6.07, 6.45) is 2.91. The second-order valence-electron chi connectivity index (χ2n) is 4.51. The van der Waals surface area contributed by atoms with Gasteiger partial charge in [0.25, 0.3) is 5.56 Å². The molecule has 0 aliphatic rings. The standard InChI is InChI=1S/C14H10N6O/c21-11-6-10(9-4-2-1-3-5-9)19-20(11)14-12-13(16-7-15-12)17-8-18-14/h1-8,19H,(H,15,16,17,18). The number of hydrogen-bond acceptors (Lipinski definition) is 4. The lowest BCUT2D eigenvalue weighted by molar-refractivity contribution is 0.823. The fraction of sp³-hybridized carbons (Fsp3) is 0. The Morgan fingerprint density at radius 3 is 2.76 bits per heavy atom. The van der Waals surface area contributed by atoms with Crippen LogP contribution in [0.1, 0.15) is 0 Å². The smallest absolute Gasteiger partial charge is 0.273 e. The number of fused-ring (bicyclic) bond motifs is 1. The highest BCUT2D eigenvalue weighted by Gasteiger charge is 2.12. The SMILES string of the molecule is O=c1cc(-c2ccccc2)[nH]n1-c1ncnc2nc[nH]c12. The van der Waals surface area contributed by atoms with E-state index in [2.05, 4.69) is 25.0 Å². The zero-order valence-electron chi connectivity index (χ0n) is 10.8. The summed E-state index contributed by atoms with van der Waals surface area (Å²) >= 11 is 0. The Kier molecular flexibility index (Phi) is 2.43. The highest BCUT2D eigenvalue weighted by molar-refractivity contribution is 5.77. The second-order valence-corrected chi connectivity index (χ2v) is 4.51. The first kappa shape index (κ1) is 11.6. The van der Waals surface area contributed by atoms with Crippen molar-refractivity contribution in [3.63, 3.8) is 0 Å². The Bertz CT molecular complexity index is 966. The number of hydrogen-bond donors (Lipinski definition) is 2. The number of nitrogens with zero attached hydrogens (tertiary/aromatic N) is 4. The maximum atomic E-state index is 12.2. The van der Waals surface area contributed by atoms with Gasteiger partial charge in [-0.25, -0.2) is 15.0 Å². The molecule has 0 saturated heterocycles. The molecule has 0 spiro atoms. The molecule has 0 saturated carbocycles. The van der Waals surface area contributed by atoms with Gasteiger partial charge >= 0.3 is 0 Å². The van der Waals surface area contributed by atoms with Gasteiger partial charge in [-0.2, -0.15) is 4.68 Å². The first-order chi connectivity index (χ1) is 10.3. The largest absolute Gasteiger partial charge is 0.340 e. The number of rotatable bonds is 2. The molecular formula is C14H10N6O. The summed E-state index contributed by atoms with van der Waals surface area (Å²) in [4.78, 5) is 27.4. The number of aromatic amines is 2. The third kappa shape index (κ3) is 1.83. The van der Waals surface area contributed by atoms with Crippen molar-refractivity contribution in [3.05, 3.63) is 59.4 Å². The summed E-state index contributed by atoms with van der Waals surface area (Å²) in [7, 11) is 0. The van der Waals surface area contributed by atoms with E-state index in [-0.39, 0.29) is 5.56 Å². The molecule has 7 nitrogen and oxygen atoms in total. The molecule has 102 valence electrons. The van der Waals surface area contributed by atoms with Gasteiger partial charge in [0, 0.05) is 6.07 Å². The highest BCUT2D eigenvalue weighted by Crippen LogP contribution is 2.17. The summed E-state index contributed by atoms with van der Waals surface area (Å²) in [5, 5.41) is 3.06. The third-order valence-electron chi connectivity index (χ3n) is 3.22. The first-order valence-electron chi connectivity index (χ1n) is 6.35. The van der Waals surface area contributed by atoms with Gasteiger partial charge in [0.15, 0.2) is 11.5 Å². The van der Waals surface area contributed by atoms with Gasteiger partial charge in [0.05, 0.1) is 12.0 Å². The van der Waals surface area contributed by atoms with Crippen molar-refractivity contribution in [2.24, 2.45) is 0 Å². The molecule has 1 aromatic carbocycles. The van der Waals surface area contributed by atoms with Crippen LogP contribution in [-0.4, -0.2) is 29.7 Å². The minimum absolute atomic E-state index is 0.191. The zero-order valence-corrected chi connectivity index (χ0v) is 10.8. The van der Waals surface area contributed by atoms with E-state index in [0.717, 1.165) is 11.3 Å². The topological polar surface area (TPSA) is 92.2 Å². The molecule has 0 bridgehead atoms. The van der Waals surface area contributed by atoms with Crippen molar-refractivity contribution in [2.75, 3.05) is 0 Å². The van der Waals surface area contributed by atoms with Crippen molar-refractivity contribution in [2.45, 2.75) is 0 Å². The summed E-state index contributed by atoms with van der Waals surface area (Å²) in [5.74, 6) is 0.449. The fourth-order valence-corrected chi connectivity index (χ4v) is 2.24. The molecule has 3 heterocycles. The fourth-order valence-electron chi connectivity index (χ4n) is 2.24. The van der Waals surface area contributed by atoms with Crippen LogP contribution in [-0.2, 0) is 0 Å². The van der Waals surface area contributed by atoms with E-state index in [1.165, 1.54) is 17.3 Å². The number of H-pyrrole nitrogens is 2. The van der Waals surface area contributed by atoms with Gasteiger partial charge in [-0.05, 0) is 5.56 Å². The summed E-state index contributed by atoms with van der Waals surface area (Å²) in [6.45, 7) is 0. The van der Waals surface area contributed by atoms with Gasteiger partial charge in [-0.15, -0.1) is 0 Å². The van der Waals surface area contributed by atoms with Crippen LogP contribution in [0.15, 0.2) is 53.8 Å². The lowest BCUT2D eigenvalue weighted by Gasteiger charge is -2.01. The Hall–Kier alpha value is -3.22. The Morgan fingerprint density at radius 1 is 1.05 bits per heavy atom. The van der Waals surface area contributed by atoms with Crippen molar-refractivity contribution in [1.82, 2.24) is 29.7 Å². The van der Waals surface area contributed by atoms with Crippen molar-refractivity contribution < 1.29 is 0 Å². The van der Waals surface area contributed by atoms with Gasteiger partial charge in [0.2, 0.25) is 0 Å². The van der Waals surface area contributed by atoms with E-state index in [0.29, 0.717) is 17.0 Å². The van der Waals surface area contributed by atoms with Gasteiger partial charge in [0.1, 0.15) is 11.8 Å². The van der Waals surface area contributed by atoms with E-state index in [1.54, 1.807) is 6.07 Å². The molecule has 0 fully saturated rings. The minimum atomic E-state index is -0.191. The number of aromatic nitrogens is 6. The molecule has 4 aromatic rings. The van der Waals surface area contributed by atoms with Crippen LogP contribution in [0, 0.1) is 0 Å². The molecule has 0 aliphatic heterocycles. The quantitative estimate of drug-likeness (QED) is 0.581. The van der Waals surface area contributed by atoms with Crippen LogP contribution in [0.2, 0.25) is 0 Å². The molecule has 21 heavy (non-hydrogen) atoms. The first-order valence-corrected chi connectivity index (χ1v) is 6.35. The maximum Gasteiger partial charge on any atom is 0.273 e. The summed E-state index contributed by atoms with van der Waals surface area (Å²) in [5.41, 5.74) is 2.60. The molecule has 0 aliphatic carbocycles. The van der Waals surface area contributed by atoms with Crippen LogP contribution >= 0.6 is 0 Å². The van der Waals surface area contributed by atoms with Gasteiger partial charge < -0.3 is 4.98 Å². The zero-order chi connectivity index (χ0) is 14.2. The Labute approximate surface area is 118 Å². The number of benzene rings is 1. The van der Waals surface area contributed by atoms with Gasteiger partial charge in [-0.1, -0.05) is 30.3 Å². The highest BCUT2D eigenvalue weighted by atomic mass is 16.1. The average Bonchev–Trinajstić information content (AvgIpc) is 3.14. The summed E-state index contributed by atoms with van der Waals surface area (Å²) < 4.78 is 1.38. The maximum absolute atomic E-state index is 12.2. The second kappa shape index (κ2) is 4.41. The summed E-state index contributed by atoms with van der Waals surface area (Å²) in [6, 6.07) is 11.2. The third-order valence-corrected chi connectivity index (χ3v) is 3.22. The molecule has 0 amide bonds. The molecule has 3 aromatic heterocycles. The van der Waals surface area contributed by atoms with E-state index in [9.17, 15) is 4.79 Å². The van der Waals surface area contributed by atoms with E-state index >= 15 is 0 Å². The monoisotopic (exact) mass is 278 g/mol. The van der Waals surface area contributed by atoms with Crippen molar-refractivity contribution >= 4 is 11.2 Å². The predicted octanol–water partition coefficient (Wildman–Crippen LogP) is 1.50. The number of nitrogens with one attached hydrogen (secondary N) is 2. The minimum Gasteiger partial charge on any atom is -0.340 e. The Balaban J connectivity index is 1.92. The molecule has 4 rings (SSSR count). The normalized spacial score (nSPS) is 11.0. The molecular weight excluding hydrogens is 268 g/mol. The predicted molar refractivity (Wildman–Crippen MR) is 77.1 cm³/mol. The van der Waals surface area contributed by atoms with E-state index in [4.69, 9.17) is 0 Å².